The molecule has 144 valence electrons. The van der Waals surface area contributed by atoms with E-state index in [-0.39, 0.29) is 30.2 Å². The van der Waals surface area contributed by atoms with E-state index in [0.29, 0.717) is 30.8 Å². The fraction of sp³-hybridized carbons (Fsp3) is 0.579. The molecule has 2 aliphatic heterocycles. The van der Waals surface area contributed by atoms with Crippen molar-refractivity contribution in [3.05, 3.63) is 23.9 Å². The predicted molar refractivity (Wildman–Crippen MR) is 98.9 cm³/mol. The molecule has 8 heteroatoms. The van der Waals surface area contributed by atoms with Crippen molar-refractivity contribution in [1.29, 1.82) is 0 Å². The predicted octanol–water partition coefficient (Wildman–Crippen LogP) is 1.00. The van der Waals surface area contributed by atoms with Crippen LogP contribution in [0.3, 0.4) is 0 Å². The minimum Gasteiger partial charge on any atom is -0.352 e. The number of carbonyl (C=O) groups excluding carboxylic acids is 3. The van der Waals surface area contributed by atoms with Crippen molar-refractivity contribution in [2.75, 3.05) is 11.9 Å². The van der Waals surface area contributed by atoms with Crippen LogP contribution in [-0.4, -0.2) is 51.9 Å². The molecule has 4 rings (SSSR count). The van der Waals surface area contributed by atoms with E-state index in [9.17, 15) is 14.4 Å². The molecule has 1 aromatic rings. The van der Waals surface area contributed by atoms with Crippen LogP contribution in [0.1, 0.15) is 55.8 Å². The molecular weight excluding hydrogens is 346 g/mol. The number of nitrogens with one attached hydrogen (secondary N) is 3. The Morgan fingerprint density at radius 1 is 1.33 bits per heavy atom. The number of rotatable bonds is 3. The van der Waals surface area contributed by atoms with Crippen molar-refractivity contribution in [2.45, 2.75) is 63.2 Å². The number of nitrogens with zero attached hydrogens (tertiary/aromatic N) is 2. The van der Waals surface area contributed by atoms with Crippen molar-refractivity contribution in [2.24, 2.45) is 0 Å². The second-order valence-electron chi connectivity index (χ2n) is 7.71. The number of anilines is 1. The van der Waals surface area contributed by atoms with Gasteiger partial charge < -0.3 is 20.9 Å². The van der Waals surface area contributed by atoms with Crippen LogP contribution < -0.4 is 16.0 Å². The van der Waals surface area contributed by atoms with Crippen molar-refractivity contribution in [3.63, 3.8) is 0 Å². The molecule has 1 aromatic heterocycles. The summed E-state index contributed by atoms with van der Waals surface area (Å²) in [6, 6.07) is 3.17. The van der Waals surface area contributed by atoms with Crippen LogP contribution in [0.2, 0.25) is 0 Å². The Morgan fingerprint density at radius 3 is 2.89 bits per heavy atom. The Labute approximate surface area is 158 Å². The third-order valence-electron chi connectivity index (χ3n) is 5.93. The molecule has 27 heavy (non-hydrogen) atoms. The summed E-state index contributed by atoms with van der Waals surface area (Å²) in [5, 5.41) is 9.36. The summed E-state index contributed by atoms with van der Waals surface area (Å²) in [4.78, 5) is 43.5. The second kappa shape index (κ2) is 6.83. The lowest BCUT2D eigenvalue weighted by atomic mass is 9.93. The van der Waals surface area contributed by atoms with Gasteiger partial charge in [0.15, 0.2) is 0 Å². The first-order valence-electron chi connectivity index (χ1n) is 9.63. The minimum absolute atomic E-state index is 0.0639. The first-order chi connectivity index (χ1) is 13.0. The Bertz CT molecular complexity index is 778. The molecule has 1 aliphatic carbocycles. The first-order valence-corrected chi connectivity index (χ1v) is 9.63. The van der Waals surface area contributed by atoms with Crippen LogP contribution in [0.25, 0.3) is 0 Å². The van der Waals surface area contributed by atoms with Gasteiger partial charge in [-0.2, -0.15) is 0 Å². The molecule has 0 unspecified atom stereocenters. The molecule has 2 fully saturated rings. The Morgan fingerprint density at radius 2 is 2.15 bits per heavy atom. The van der Waals surface area contributed by atoms with E-state index >= 15 is 0 Å². The van der Waals surface area contributed by atoms with Crippen molar-refractivity contribution in [3.8, 4) is 0 Å². The Balaban J connectivity index is 1.47. The molecule has 0 aromatic carbocycles. The highest BCUT2D eigenvalue weighted by Crippen LogP contribution is 2.31. The highest BCUT2D eigenvalue weighted by Gasteiger charge is 2.42. The topological polar surface area (TPSA) is 103 Å². The summed E-state index contributed by atoms with van der Waals surface area (Å²) in [6.07, 6.45) is 6.04. The van der Waals surface area contributed by atoms with Gasteiger partial charge in [0.1, 0.15) is 17.5 Å². The van der Waals surface area contributed by atoms with Gasteiger partial charge in [-0.15, -0.1) is 0 Å². The summed E-state index contributed by atoms with van der Waals surface area (Å²) in [7, 11) is 0. The molecule has 2 atom stereocenters. The molecule has 3 heterocycles. The highest BCUT2D eigenvalue weighted by atomic mass is 16.2. The van der Waals surface area contributed by atoms with Gasteiger partial charge in [0.05, 0.1) is 5.56 Å². The van der Waals surface area contributed by atoms with Gasteiger partial charge in [-0.05, 0) is 44.7 Å². The van der Waals surface area contributed by atoms with Crippen LogP contribution in [0, 0.1) is 0 Å². The van der Waals surface area contributed by atoms with E-state index in [2.05, 4.69) is 20.9 Å². The number of hydrogen-bond acceptors (Lipinski definition) is 5. The zero-order valence-corrected chi connectivity index (χ0v) is 15.5. The van der Waals surface area contributed by atoms with E-state index in [1.54, 1.807) is 30.2 Å². The van der Waals surface area contributed by atoms with Crippen molar-refractivity contribution >= 4 is 23.5 Å². The number of fused-ring (bicyclic) bond motifs is 1. The standard InChI is InChI=1S/C19H25N5O3/c1-12(17(26)21-13-4-2-5-13)24-11-9-19(8-7-15(24)25)22-16-14(18(27)23-19)6-3-10-20-16/h3,6,10,12-13H,2,4-5,7-9,11H2,1H3,(H,20,22)(H,21,26)(H,23,27)/t12-,19+/m1/s1. The number of pyridine rings is 1. The van der Waals surface area contributed by atoms with Gasteiger partial charge in [-0.25, -0.2) is 4.98 Å². The van der Waals surface area contributed by atoms with E-state index < -0.39 is 11.7 Å². The lowest BCUT2D eigenvalue weighted by molar-refractivity contribution is -0.139. The number of carbonyl (C=O) groups is 3. The summed E-state index contributed by atoms with van der Waals surface area (Å²) in [6.45, 7) is 2.17. The quantitative estimate of drug-likeness (QED) is 0.736. The number of hydrogen-bond donors (Lipinski definition) is 3. The molecule has 1 saturated heterocycles. The van der Waals surface area contributed by atoms with Crippen molar-refractivity contribution < 1.29 is 14.4 Å². The number of aromatic nitrogens is 1. The maximum Gasteiger partial charge on any atom is 0.256 e. The highest BCUT2D eigenvalue weighted by molar-refractivity contribution is 6.01. The van der Waals surface area contributed by atoms with Crippen LogP contribution in [-0.2, 0) is 9.59 Å². The lowest BCUT2D eigenvalue weighted by Crippen LogP contribution is -2.58. The maximum absolute atomic E-state index is 12.7. The monoisotopic (exact) mass is 371 g/mol. The summed E-state index contributed by atoms with van der Waals surface area (Å²) in [5.41, 5.74) is -0.212. The van der Waals surface area contributed by atoms with Crippen molar-refractivity contribution in [1.82, 2.24) is 20.5 Å². The minimum atomic E-state index is -0.715. The zero-order chi connectivity index (χ0) is 19.0. The molecule has 1 saturated carbocycles. The van der Waals surface area contributed by atoms with E-state index in [0.717, 1.165) is 19.3 Å². The second-order valence-corrected chi connectivity index (χ2v) is 7.71. The van der Waals surface area contributed by atoms with E-state index in [1.165, 1.54) is 0 Å². The third-order valence-corrected chi connectivity index (χ3v) is 5.93. The van der Waals surface area contributed by atoms with Crippen LogP contribution in [0.15, 0.2) is 18.3 Å². The van der Waals surface area contributed by atoms with E-state index in [4.69, 9.17) is 0 Å². The fourth-order valence-electron chi connectivity index (χ4n) is 3.93. The number of likely N-dealkylation sites (tertiary alicyclic amines) is 1. The molecule has 0 radical (unpaired) electrons. The molecule has 8 nitrogen and oxygen atoms in total. The van der Waals surface area contributed by atoms with Crippen LogP contribution >= 0.6 is 0 Å². The summed E-state index contributed by atoms with van der Waals surface area (Å²) < 4.78 is 0. The average Bonchev–Trinajstić information content (AvgIpc) is 2.77. The van der Waals surface area contributed by atoms with Gasteiger partial charge in [0, 0.05) is 31.6 Å². The van der Waals surface area contributed by atoms with Gasteiger partial charge in [-0.3, -0.25) is 14.4 Å². The fourth-order valence-corrected chi connectivity index (χ4v) is 3.93. The summed E-state index contributed by atoms with van der Waals surface area (Å²) in [5.74, 6) is 0.189. The molecule has 1 spiro atoms. The smallest absolute Gasteiger partial charge is 0.256 e. The number of amides is 3. The zero-order valence-electron chi connectivity index (χ0n) is 15.5. The van der Waals surface area contributed by atoms with Gasteiger partial charge in [0.2, 0.25) is 11.8 Å². The lowest BCUT2D eigenvalue weighted by Gasteiger charge is -2.39. The Hall–Kier alpha value is -2.64. The third kappa shape index (κ3) is 3.36. The molecule has 3 amide bonds. The molecular formula is C19H25N5O3. The van der Waals surface area contributed by atoms with Gasteiger partial charge >= 0.3 is 0 Å². The van der Waals surface area contributed by atoms with Gasteiger partial charge in [0.25, 0.3) is 5.91 Å². The van der Waals surface area contributed by atoms with Crippen LogP contribution in [0.5, 0.6) is 0 Å². The SMILES string of the molecule is C[C@H](C(=O)NC1CCC1)N1CC[C@]2(CCC1=O)NC(=O)c1cccnc1N2. The van der Waals surface area contributed by atoms with Crippen LogP contribution in [0.4, 0.5) is 5.82 Å². The first kappa shape index (κ1) is 17.8. The van der Waals surface area contributed by atoms with Gasteiger partial charge in [-0.1, -0.05) is 0 Å². The Kier molecular flexibility index (Phi) is 4.49. The largest absolute Gasteiger partial charge is 0.352 e. The molecule has 3 N–H and O–H groups in total. The van der Waals surface area contributed by atoms with E-state index in [1.807, 2.05) is 0 Å². The maximum atomic E-state index is 12.7. The summed E-state index contributed by atoms with van der Waals surface area (Å²) >= 11 is 0. The molecule has 3 aliphatic rings. The average molecular weight is 371 g/mol. The molecule has 0 bridgehead atoms. The normalized spacial score (nSPS) is 26.3.